The van der Waals surface area contributed by atoms with Crippen molar-refractivity contribution in [3.05, 3.63) is 97.1 Å². The Morgan fingerprint density at radius 3 is 2.00 bits per heavy atom. The average Bonchev–Trinajstić information content (AvgIpc) is 3.49. The molecular formula is C34H41N3O5. The van der Waals surface area contributed by atoms with Crippen molar-refractivity contribution in [2.45, 2.75) is 50.6 Å². The van der Waals surface area contributed by atoms with Crippen LogP contribution in [0, 0.1) is 17.8 Å². The molecular weight excluding hydrogens is 530 g/mol. The number of nitrogens with zero attached hydrogens (tertiary/aromatic N) is 3. The van der Waals surface area contributed by atoms with Crippen LogP contribution in [-0.2, 0) is 32.2 Å². The Hall–Kier alpha value is -3.75. The second-order valence-electron chi connectivity index (χ2n) is 11.9. The van der Waals surface area contributed by atoms with Gasteiger partial charge in [0.05, 0.1) is 24.0 Å². The maximum absolute atomic E-state index is 14.5. The first-order chi connectivity index (χ1) is 20.2. The Balaban J connectivity index is 1.54. The number of β-amino-alcohol motifs (C(OH)–C–C–N with tert-alkyl or cyclic N) is 1. The highest BCUT2D eigenvalue weighted by atomic mass is 16.5. The Bertz CT molecular complexity index is 1330. The number of carbonyl (C=O) groups is 3. The molecule has 5 rings (SSSR count). The lowest BCUT2D eigenvalue weighted by Crippen LogP contribution is -2.57. The Kier molecular flexibility index (Phi) is 8.39. The van der Waals surface area contributed by atoms with Gasteiger partial charge in [0.2, 0.25) is 17.7 Å². The molecule has 0 saturated carbocycles. The number of rotatable bonds is 12. The SMILES string of the molecule is C=CCN(Cc1ccccc1)C(=O)C1N(CCO)C(=O)[C@@H]2[C@H](C(=O)N(CC=C)Cc3ccccc3)[C@@]3(C)OC12CC3C. The summed E-state index contributed by atoms with van der Waals surface area (Å²) in [5.41, 5.74) is -0.190. The van der Waals surface area contributed by atoms with Crippen molar-refractivity contribution in [1.82, 2.24) is 14.7 Å². The lowest BCUT2D eigenvalue weighted by Gasteiger charge is -2.39. The minimum Gasteiger partial charge on any atom is -0.395 e. The van der Waals surface area contributed by atoms with E-state index in [1.54, 1.807) is 22.0 Å². The molecule has 6 atom stereocenters. The molecule has 3 aliphatic heterocycles. The number of aliphatic hydroxyl groups is 1. The van der Waals surface area contributed by atoms with Crippen molar-refractivity contribution in [3.63, 3.8) is 0 Å². The Labute approximate surface area is 248 Å². The standard InChI is InChI=1S/C34H41N3O5/c1-5-17-35(22-25-13-9-7-10-14-25)30(39)27-28-31(40)37(19-20-38)29(34(28)21-24(3)33(27,4)42-34)32(41)36(18-6-2)23-26-15-11-8-12-16-26/h5-16,24,27-29,38H,1-2,17-23H2,3-4H3/t24?,27-,28+,29?,33+,34?/m1/s1. The van der Waals surface area contributed by atoms with E-state index < -0.39 is 29.1 Å². The van der Waals surface area contributed by atoms with Gasteiger partial charge in [-0.25, -0.2) is 0 Å². The number of carbonyl (C=O) groups excluding carboxylic acids is 3. The second-order valence-corrected chi connectivity index (χ2v) is 11.9. The fraction of sp³-hybridized carbons (Fsp3) is 0.441. The molecule has 0 aromatic heterocycles. The van der Waals surface area contributed by atoms with E-state index in [1.165, 1.54) is 4.90 Å². The van der Waals surface area contributed by atoms with Crippen LogP contribution in [0.15, 0.2) is 86.0 Å². The van der Waals surface area contributed by atoms with E-state index in [4.69, 9.17) is 4.74 Å². The van der Waals surface area contributed by atoms with Gasteiger partial charge in [-0.2, -0.15) is 0 Å². The van der Waals surface area contributed by atoms with Crippen LogP contribution in [-0.4, -0.2) is 81.0 Å². The van der Waals surface area contributed by atoms with Crippen LogP contribution in [0.5, 0.6) is 0 Å². The number of ether oxygens (including phenoxy) is 1. The van der Waals surface area contributed by atoms with Crippen molar-refractivity contribution in [2.75, 3.05) is 26.2 Å². The molecule has 42 heavy (non-hydrogen) atoms. The highest BCUT2D eigenvalue weighted by Gasteiger charge is 2.80. The minimum absolute atomic E-state index is 0.0174. The van der Waals surface area contributed by atoms with Gasteiger partial charge in [0.1, 0.15) is 11.6 Å². The van der Waals surface area contributed by atoms with Gasteiger partial charge < -0.3 is 24.5 Å². The first-order valence-electron chi connectivity index (χ1n) is 14.7. The van der Waals surface area contributed by atoms with Crippen LogP contribution >= 0.6 is 0 Å². The van der Waals surface area contributed by atoms with Crippen LogP contribution in [0.25, 0.3) is 0 Å². The lowest BCUT2D eigenvalue weighted by atomic mass is 9.62. The van der Waals surface area contributed by atoms with Crippen LogP contribution in [0.3, 0.4) is 0 Å². The monoisotopic (exact) mass is 571 g/mol. The first-order valence-corrected chi connectivity index (χ1v) is 14.7. The van der Waals surface area contributed by atoms with Crippen molar-refractivity contribution in [3.8, 4) is 0 Å². The van der Waals surface area contributed by atoms with E-state index in [1.807, 2.05) is 74.5 Å². The van der Waals surface area contributed by atoms with E-state index in [-0.39, 0.29) is 43.3 Å². The molecule has 3 heterocycles. The van der Waals surface area contributed by atoms with Crippen LogP contribution in [0.4, 0.5) is 0 Å². The zero-order valence-electron chi connectivity index (χ0n) is 24.5. The van der Waals surface area contributed by atoms with Gasteiger partial charge in [0, 0.05) is 32.7 Å². The molecule has 3 unspecified atom stereocenters. The second kappa shape index (κ2) is 11.9. The van der Waals surface area contributed by atoms with Crippen molar-refractivity contribution in [2.24, 2.45) is 17.8 Å². The summed E-state index contributed by atoms with van der Waals surface area (Å²) in [7, 11) is 0. The minimum atomic E-state index is -1.18. The summed E-state index contributed by atoms with van der Waals surface area (Å²) < 4.78 is 6.86. The quantitative estimate of drug-likeness (QED) is 0.395. The van der Waals surface area contributed by atoms with Gasteiger partial charge in [0.25, 0.3) is 0 Å². The predicted molar refractivity (Wildman–Crippen MR) is 160 cm³/mol. The molecule has 2 aromatic rings. The maximum Gasteiger partial charge on any atom is 0.248 e. The summed E-state index contributed by atoms with van der Waals surface area (Å²) >= 11 is 0. The molecule has 2 bridgehead atoms. The first kappa shape index (κ1) is 29.7. The fourth-order valence-electron chi connectivity index (χ4n) is 7.50. The molecule has 8 heteroatoms. The largest absolute Gasteiger partial charge is 0.395 e. The molecule has 2 aromatic carbocycles. The van der Waals surface area contributed by atoms with Gasteiger partial charge >= 0.3 is 0 Å². The molecule has 3 amide bonds. The van der Waals surface area contributed by atoms with Crippen LogP contribution in [0.1, 0.15) is 31.4 Å². The summed E-state index contributed by atoms with van der Waals surface area (Å²) in [6.45, 7) is 12.7. The third-order valence-corrected chi connectivity index (χ3v) is 9.41. The number of aliphatic hydroxyl groups excluding tert-OH is 1. The summed E-state index contributed by atoms with van der Waals surface area (Å²) in [5, 5.41) is 9.99. The molecule has 3 fully saturated rings. The Morgan fingerprint density at radius 2 is 1.50 bits per heavy atom. The predicted octanol–water partition coefficient (Wildman–Crippen LogP) is 3.42. The van der Waals surface area contributed by atoms with E-state index in [2.05, 4.69) is 13.2 Å². The van der Waals surface area contributed by atoms with Crippen LogP contribution in [0.2, 0.25) is 0 Å². The molecule has 1 N–H and O–H groups in total. The Morgan fingerprint density at radius 1 is 0.976 bits per heavy atom. The van der Waals surface area contributed by atoms with Gasteiger partial charge in [-0.15, -0.1) is 13.2 Å². The zero-order valence-corrected chi connectivity index (χ0v) is 24.5. The summed E-state index contributed by atoms with van der Waals surface area (Å²) in [6.07, 6.45) is 3.83. The van der Waals surface area contributed by atoms with Crippen molar-refractivity contribution >= 4 is 17.7 Å². The topological polar surface area (TPSA) is 90.4 Å². The number of likely N-dealkylation sites (tertiary alicyclic amines) is 1. The highest BCUT2D eigenvalue weighted by Crippen LogP contribution is 2.65. The number of hydrogen-bond acceptors (Lipinski definition) is 5. The van der Waals surface area contributed by atoms with Gasteiger partial charge in [-0.3, -0.25) is 14.4 Å². The van der Waals surface area contributed by atoms with Gasteiger partial charge in [-0.1, -0.05) is 79.7 Å². The molecule has 8 nitrogen and oxygen atoms in total. The molecule has 0 aliphatic carbocycles. The van der Waals surface area contributed by atoms with E-state index in [0.717, 1.165) is 11.1 Å². The third-order valence-electron chi connectivity index (χ3n) is 9.41. The van der Waals surface area contributed by atoms with Gasteiger partial charge in [-0.05, 0) is 30.4 Å². The normalized spacial score (nSPS) is 29.3. The van der Waals surface area contributed by atoms with Crippen molar-refractivity contribution < 1.29 is 24.2 Å². The summed E-state index contributed by atoms with van der Waals surface area (Å²) in [4.78, 5) is 48.1. The van der Waals surface area contributed by atoms with Crippen molar-refractivity contribution in [1.29, 1.82) is 0 Å². The lowest BCUT2D eigenvalue weighted by molar-refractivity contribution is -0.155. The average molecular weight is 572 g/mol. The maximum atomic E-state index is 14.5. The molecule has 0 radical (unpaired) electrons. The molecule has 1 spiro atoms. The molecule has 3 saturated heterocycles. The molecule has 3 aliphatic rings. The van der Waals surface area contributed by atoms with E-state index in [9.17, 15) is 19.5 Å². The highest BCUT2D eigenvalue weighted by molar-refractivity contribution is 5.99. The molecule has 222 valence electrons. The summed E-state index contributed by atoms with van der Waals surface area (Å²) in [5.74, 6) is -2.45. The van der Waals surface area contributed by atoms with E-state index >= 15 is 0 Å². The van der Waals surface area contributed by atoms with E-state index in [0.29, 0.717) is 26.1 Å². The van der Waals surface area contributed by atoms with Gasteiger partial charge in [0.15, 0.2) is 0 Å². The number of benzene rings is 2. The fourth-order valence-corrected chi connectivity index (χ4v) is 7.50. The zero-order chi connectivity index (χ0) is 30.1. The smallest absolute Gasteiger partial charge is 0.248 e. The summed E-state index contributed by atoms with van der Waals surface area (Å²) in [6, 6.07) is 18.4. The van der Waals surface area contributed by atoms with Crippen LogP contribution < -0.4 is 0 Å². The third kappa shape index (κ3) is 4.86. The number of fused-ring (bicyclic) bond motifs is 1. The number of hydrogen-bond donors (Lipinski definition) is 1. The number of amides is 3.